The van der Waals surface area contributed by atoms with Gasteiger partial charge >= 0.3 is 0 Å². The van der Waals surface area contributed by atoms with Crippen molar-refractivity contribution in [1.82, 2.24) is 20.0 Å². The molecule has 55 heavy (non-hydrogen) atoms. The predicted molar refractivity (Wildman–Crippen MR) is 217 cm³/mol. The zero-order chi connectivity index (χ0) is 37.9. The van der Waals surface area contributed by atoms with Gasteiger partial charge in [0.25, 0.3) is 23.6 Å². The van der Waals surface area contributed by atoms with Crippen LogP contribution in [0.5, 0.6) is 0 Å². The number of amides is 4. The van der Waals surface area contributed by atoms with Gasteiger partial charge in [0.2, 0.25) is 0 Å². The Morgan fingerprint density at radius 3 is 1.60 bits per heavy atom. The molecule has 4 aromatic rings. The lowest BCUT2D eigenvalue weighted by Gasteiger charge is -2.32. The Kier molecular flexibility index (Phi) is 11.3. The Labute approximate surface area is 326 Å². The molecular formula is C42H48N6O6S. The summed E-state index contributed by atoms with van der Waals surface area (Å²) in [5.41, 5.74) is 4.21. The SMILES string of the molecule is O=C1c2cccc3cc(N4CCOCC4)cc(c23)C(=O)N1CCNCCCN(CCCS)CCN1C(=O)c2cccc3cc(N4CCOCC4)cc(c23)C1=O. The molecule has 4 heterocycles. The molecule has 4 aliphatic rings. The minimum atomic E-state index is -0.264. The van der Waals surface area contributed by atoms with Crippen LogP contribution in [0.25, 0.3) is 21.5 Å². The second-order valence-electron chi connectivity index (χ2n) is 14.5. The summed E-state index contributed by atoms with van der Waals surface area (Å²) in [6.07, 6.45) is 1.69. The number of rotatable bonds is 15. The third-order valence-corrected chi connectivity index (χ3v) is 11.5. The highest BCUT2D eigenvalue weighted by Gasteiger charge is 2.35. The molecule has 0 spiro atoms. The molecule has 0 aliphatic carbocycles. The number of ether oxygens (including phenoxy) is 2. The van der Waals surface area contributed by atoms with E-state index in [9.17, 15) is 19.2 Å². The first-order valence-corrected chi connectivity index (χ1v) is 20.1. The smallest absolute Gasteiger partial charge is 0.261 e. The van der Waals surface area contributed by atoms with Gasteiger partial charge in [0.15, 0.2) is 0 Å². The van der Waals surface area contributed by atoms with Crippen LogP contribution in [-0.4, -0.2) is 143 Å². The minimum absolute atomic E-state index is 0.252. The van der Waals surface area contributed by atoms with Gasteiger partial charge in [0.05, 0.1) is 37.6 Å². The summed E-state index contributed by atoms with van der Waals surface area (Å²) in [7, 11) is 0. The molecule has 4 aliphatic heterocycles. The maximum Gasteiger partial charge on any atom is 0.261 e. The van der Waals surface area contributed by atoms with Crippen molar-refractivity contribution in [2.45, 2.75) is 12.8 Å². The standard InChI is InChI=1S/C42H48N6O6S/c49-39-33-7-1-5-29-25-31(45-16-20-53-21-17-45)27-35(37(29)33)41(51)47(39)13-10-43-9-3-11-44(12-4-24-55)14-15-48-40(50)34-8-2-6-30-26-32(46-18-22-54-23-19-46)28-36(38(30)34)42(48)52/h1-2,5-8,25-28,43,55H,3-4,9-24H2. The molecule has 1 N–H and O–H groups in total. The van der Waals surface area contributed by atoms with Crippen molar-refractivity contribution in [3.8, 4) is 0 Å². The van der Waals surface area contributed by atoms with E-state index in [1.54, 1.807) is 0 Å². The van der Waals surface area contributed by atoms with E-state index in [4.69, 9.17) is 9.47 Å². The zero-order valence-electron chi connectivity index (χ0n) is 31.1. The van der Waals surface area contributed by atoms with Crippen molar-refractivity contribution in [3.63, 3.8) is 0 Å². The molecule has 0 aromatic heterocycles. The van der Waals surface area contributed by atoms with Crippen LogP contribution in [0, 0.1) is 0 Å². The molecule has 12 nitrogen and oxygen atoms in total. The van der Waals surface area contributed by atoms with Crippen LogP contribution in [-0.2, 0) is 9.47 Å². The Morgan fingerprint density at radius 1 is 0.582 bits per heavy atom. The fraction of sp³-hybridized carbons (Fsp3) is 0.429. The van der Waals surface area contributed by atoms with E-state index < -0.39 is 0 Å². The van der Waals surface area contributed by atoms with Crippen LogP contribution in [0.2, 0.25) is 0 Å². The Morgan fingerprint density at radius 2 is 1.07 bits per heavy atom. The van der Waals surface area contributed by atoms with Crippen LogP contribution < -0.4 is 15.1 Å². The maximum atomic E-state index is 14.0. The van der Waals surface area contributed by atoms with Crippen LogP contribution in [0.4, 0.5) is 11.4 Å². The second kappa shape index (κ2) is 16.7. The molecule has 13 heteroatoms. The number of nitrogens with zero attached hydrogens (tertiary/aromatic N) is 5. The number of hydrogen-bond donors (Lipinski definition) is 2. The Bertz CT molecular complexity index is 2120. The first kappa shape index (κ1) is 37.4. The largest absolute Gasteiger partial charge is 0.378 e. The summed E-state index contributed by atoms with van der Waals surface area (Å²) in [6.45, 7) is 9.40. The number of thiol groups is 1. The van der Waals surface area contributed by atoms with Crippen LogP contribution in [0.1, 0.15) is 54.3 Å². The summed E-state index contributed by atoms with van der Waals surface area (Å²) in [6, 6.07) is 19.3. The first-order chi connectivity index (χ1) is 26.9. The number of imide groups is 2. The molecule has 8 rings (SSSR count). The fourth-order valence-electron chi connectivity index (χ4n) is 8.31. The van der Waals surface area contributed by atoms with Gasteiger partial charge in [-0.1, -0.05) is 24.3 Å². The van der Waals surface area contributed by atoms with Gasteiger partial charge in [-0.25, -0.2) is 0 Å². The van der Waals surface area contributed by atoms with E-state index in [0.717, 1.165) is 90.8 Å². The Balaban J connectivity index is 0.867. The highest BCUT2D eigenvalue weighted by molar-refractivity contribution is 7.80. The molecule has 0 radical (unpaired) electrons. The average molecular weight is 765 g/mol. The lowest BCUT2D eigenvalue weighted by Crippen LogP contribution is -2.45. The van der Waals surface area contributed by atoms with Crippen molar-refractivity contribution >= 4 is 69.2 Å². The van der Waals surface area contributed by atoms with Crippen molar-refractivity contribution in [2.24, 2.45) is 0 Å². The number of anilines is 2. The number of nitrogens with one attached hydrogen (secondary N) is 1. The molecule has 2 fully saturated rings. The zero-order valence-corrected chi connectivity index (χ0v) is 32.0. The fourth-order valence-corrected chi connectivity index (χ4v) is 8.45. The molecule has 0 atom stereocenters. The van der Waals surface area contributed by atoms with Gasteiger partial charge in [-0.2, -0.15) is 12.6 Å². The van der Waals surface area contributed by atoms with E-state index in [1.807, 2.05) is 48.5 Å². The van der Waals surface area contributed by atoms with Crippen LogP contribution >= 0.6 is 12.6 Å². The van der Waals surface area contributed by atoms with Crippen molar-refractivity contribution in [3.05, 3.63) is 82.9 Å². The van der Waals surface area contributed by atoms with E-state index >= 15 is 0 Å². The van der Waals surface area contributed by atoms with E-state index in [-0.39, 0.29) is 36.7 Å². The normalized spacial score (nSPS) is 17.4. The summed E-state index contributed by atoms with van der Waals surface area (Å²) in [5.74, 6) is -0.298. The summed E-state index contributed by atoms with van der Waals surface area (Å²) in [5, 5.41) is 6.69. The quantitative estimate of drug-likeness (QED) is 0.104. The summed E-state index contributed by atoms with van der Waals surface area (Å²) < 4.78 is 11.1. The molecule has 288 valence electrons. The molecule has 4 aromatic carbocycles. The van der Waals surface area contributed by atoms with Crippen molar-refractivity contribution in [1.29, 1.82) is 0 Å². The predicted octanol–water partition coefficient (Wildman–Crippen LogP) is 4.16. The van der Waals surface area contributed by atoms with Crippen molar-refractivity contribution < 1.29 is 28.7 Å². The number of carbonyl (C=O) groups is 4. The third kappa shape index (κ3) is 7.56. The minimum Gasteiger partial charge on any atom is -0.378 e. The van der Waals surface area contributed by atoms with Gasteiger partial charge in [-0.15, -0.1) is 0 Å². The number of morpholine rings is 2. The average Bonchev–Trinajstić information content (AvgIpc) is 3.22. The number of benzene rings is 4. The van der Waals surface area contributed by atoms with Gasteiger partial charge in [-0.3, -0.25) is 29.0 Å². The van der Waals surface area contributed by atoms with Gasteiger partial charge in [0, 0.05) is 85.6 Å². The monoisotopic (exact) mass is 764 g/mol. The molecule has 0 bridgehead atoms. The lowest BCUT2D eigenvalue weighted by atomic mass is 9.93. The molecule has 0 unspecified atom stereocenters. The highest BCUT2D eigenvalue weighted by Crippen LogP contribution is 2.36. The summed E-state index contributed by atoms with van der Waals surface area (Å²) in [4.78, 5) is 64.5. The first-order valence-electron chi connectivity index (χ1n) is 19.5. The molecule has 2 saturated heterocycles. The van der Waals surface area contributed by atoms with Crippen LogP contribution in [0.15, 0.2) is 60.7 Å². The number of carbonyl (C=O) groups excluding carboxylic acids is 4. The van der Waals surface area contributed by atoms with Crippen molar-refractivity contribution in [2.75, 3.05) is 114 Å². The van der Waals surface area contributed by atoms with E-state index in [1.165, 1.54) is 9.80 Å². The highest BCUT2D eigenvalue weighted by atomic mass is 32.1. The maximum absolute atomic E-state index is 14.0. The Hall–Kier alpha value is -4.53. The van der Waals surface area contributed by atoms with Gasteiger partial charge in [0.1, 0.15) is 0 Å². The second-order valence-corrected chi connectivity index (χ2v) is 15.0. The lowest BCUT2D eigenvalue weighted by molar-refractivity contribution is 0.0585. The molecule has 4 amide bonds. The molecule has 0 saturated carbocycles. The summed E-state index contributed by atoms with van der Waals surface area (Å²) >= 11 is 4.43. The van der Waals surface area contributed by atoms with Gasteiger partial charge < -0.3 is 29.5 Å². The number of hydrogen-bond acceptors (Lipinski definition) is 11. The van der Waals surface area contributed by atoms with Gasteiger partial charge in [-0.05, 0) is 85.4 Å². The van der Waals surface area contributed by atoms with E-state index in [2.05, 4.69) is 44.8 Å². The van der Waals surface area contributed by atoms with Crippen LogP contribution in [0.3, 0.4) is 0 Å². The molecular weight excluding hydrogens is 717 g/mol. The van der Waals surface area contributed by atoms with E-state index in [0.29, 0.717) is 68.3 Å². The topological polar surface area (TPSA) is 115 Å². The third-order valence-electron chi connectivity index (χ3n) is 11.2.